The molecule has 1 atom stereocenters. The third kappa shape index (κ3) is 48.7. The van der Waals surface area contributed by atoms with Gasteiger partial charge in [-0.15, -0.1) is 0 Å². The zero-order valence-electron chi connectivity index (χ0n) is 39.1. The van der Waals surface area contributed by atoms with Crippen molar-refractivity contribution < 1.29 is 19.4 Å². The van der Waals surface area contributed by atoms with Crippen molar-refractivity contribution in [1.29, 1.82) is 0 Å². The lowest BCUT2D eigenvalue weighted by Crippen LogP contribution is -2.27. The van der Waals surface area contributed by atoms with Gasteiger partial charge in [0.25, 0.3) is 0 Å². The van der Waals surface area contributed by atoms with Crippen molar-refractivity contribution in [2.45, 2.75) is 270 Å². The van der Waals surface area contributed by atoms with Gasteiger partial charge in [0.05, 0.1) is 13.2 Å². The largest absolute Gasteiger partial charge is 0.457 e. The van der Waals surface area contributed by atoms with Gasteiger partial charge in [-0.25, -0.2) is 0 Å². The van der Waals surface area contributed by atoms with Crippen LogP contribution < -0.4 is 0 Å². The minimum absolute atomic E-state index is 0.169. The number of rotatable bonds is 48. The highest BCUT2D eigenvalue weighted by molar-refractivity contribution is 5.69. The zero-order valence-corrected chi connectivity index (χ0v) is 39.1. The quantitative estimate of drug-likeness (QED) is 0.0378. The summed E-state index contributed by atoms with van der Waals surface area (Å²) < 4.78 is 11.2. The third-order valence-corrected chi connectivity index (χ3v) is 11.4. The lowest BCUT2D eigenvalue weighted by atomic mass is 10.0. The summed E-state index contributed by atoms with van der Waals surface area (Å²) in [6, 6.07) is 0. The average Bonchev–Trinajstić information content (AvgIpc) is 3.23. The van der Waals surface area contributed by atoms with Crippen LogP contribution in [0.1, 0.15) is 264 Å². The number of carbonyl (C=O) groups is 1. The van der Waals surface area contributed by atoms with E-state index in [2.05, 4.69) is 62.5 Å². The van der Waals surface area contributed by atoms with Gasteiger partial charge in [-0.1, -0.05) is 255 Å². The Balaban J connectivity index is 3.38. The number of esters is 1. The van der Waals surface area contributed by atoms with E-state index in [9.17, 15) is 9.90 Å². The van der Waals surface area contributed by atoms with E-state index in [0.29, 0.717) is 19.6 Å². The molecule has 0 aliphatic carbocycles. The Morgan fingerprint density at radius 1 is 0.431 bits per heavy atom. The maximum absolute atomic E-state index is 12.3. The molecule has 0 saturated carbocycles. The molecule has 0 aromatic carbocycles. The number of carbonyl (C=O) groups excluding carboxylic acids is 1. The number of aliphatic hydroxyl groups is 1. The van der Waals surface area contributed by atoms with Crippen LogP contribution in [0, 0.1) is 0 Å². The molecule has 340 valence electrons. The van der Waals surface area contributed by atoms with E-state index in [4.69, 9.17) is 9.47 Å². The molecular weight excluding hydrogens is 713 g/mol. The molecule has 0 aliphatic rings. The molecule has 1 unspecified atom stereocenters. The third-order valence-electron chi connectivity index (χ3n) is 11.4. The first-order valence-electron chi connectivity index (χ1n) is 25.7. The smallest absolute Gasteiger partial charge is 0.306 e. The molecule has 4 heteroatoms. The molecule has 0 fully saturated rings. The lowest BCUT2D eigenvalue weighted by Gasteiger charge is -2.16. The fourth-order valence-corrected chi connectivity index (χ4v) is 7.62. The molecule has 4 nitrogen and oxygen atoms in total. The van der Waals surface area contributed by atoms with Gasteiger partial charge in [-0.3, -0.25) is 4.79 Å². The summed E-state index contributed by atoms with van der Waals surface area (Å²) in [6.45, 7) is 5.27. The summed E-state index contributed by atoms with van der Waals surface area (Å²) in [4.78, 5) is 12.3. The van der Waals surface area contributed by atoms with Crippen LogP contribution in [-0.4, -0.2) is 37.0 Å². The first kappa shape index (κ1) is 56.4. The van der Waals surface area contributed by atoms with Crippen molar-refractivity contribution >= 4 is 5.97 Å². The van der Waals surface area contributed by atoms with Crippen LogP contribution in [0.5, 0.6) is 0 Å². The van der Waals surface area contributed by atoms with Gasteiger partial charge in [0.15, 0.2) is 0 Å². The molecule has 0 aliphatic heterocycles. The number of hydrogen-bond acceptors (Lipinski definition) is 4. The summed E-state index contributed by atoms with van der Waals surface area (Å²) in [6.07, 6.45) is 67.8. The molecular formula is C54H100O4. The van der Waals surface area contributed by atoms with E-state index in [-0.39, 0.29) is 12.6 Å². The molecule has 0 radical (unpaired) electrons. The van der Waals surface area contributed by atoms with Crippen LogP contribution in [0.15, 0.2) is 48.6 Å². The second-order valence-corrected chi connectivity index (χ2v) is 17.2. The molecule has 0 bridgehead atoms. The second-order valence-electron chi connectivity index (χ2n) is 17.2. The SMILES string of the molecule is CC/C=C\C/C=C\C/C=C\C/C=C\CCCCCCCCCCCCCCCOCC(CO)OC(=O)CCCCCCCCCCCCCCCCCCCCCC. The van der Waals surface area contributed by atoms with Crippen molar-refractivity contribution in [3.63, 3.8) is 0 Å². The van der Waals surface area contributed by atoms with Crippen molar-refractivity contribution in [3.8, 4) is 0 Å². The molecule has 0 saturated heterocycles. The summed E-state index contributed by atoms with van der Waals surface area (Å²) >= 11 is 0. The Bertz CT molecular complexity index is 905. The Kier molecular flexibility index (Phi) is 50.0. The lowest BCUT2D eigenvalue weighted by molar-refractivity contribution is -0.154. The van der Waals surface area contributed by atoms with Crippen LogP contribution in [0.2, 0.25) is 0 Å². The van der Waals surface area contributed by atoms with E-state index in [1.54, 1.807) is 0 Å². The Morgan fingerprint density at radius 2 is 0.776 bits per heavy atom. The van der Waals surface area contributed by atoms with Gasteiger partial charge in [0.1, 0.15) is 6.10 Å². The van der Waals surface area contributed by atoms with Gasteiger partial charge < -0.3 is 14.6 Å². The molecule has 0 amide bonds. The van der Waals surface area contributed by atoms with E-state index in [1.807, 2.05) is 0 Å². The monoisotopic (exact) mass is 813 g/mol. The molecule has 0 spiro atoms. The molecule has 0 heterocycles. The van der Waals surface area contributed by atoms with Crippen LogP contribution in [-0.2, 0) is 14.3 Å². The zero-order chi connectivity index (χ0) is 41.9. The van der Waals surface area contributed by atoms with Crippen molar-refractivity contribution in [2.24, 2.45) is 0 Å². The molecule has 58 heavy (non-hydrogen) atoms. The number of hydrogen-bond donors (Lipinski definition) is 1. The number of allylic oxidation sites excluding steroid dienone is 8. The standard InChI is InChI=1S/C54H100O4/c1-3-5-7-9-11-13-15-17-19-21-23-25-26-27-28-29-30-32-34-36-38-40-42-44-46-48-50-57-52-53(51-55)58-54(56)49-47-45-43-41-39-37-35-33-31-24-22-20-18-16-14-12-10-8-6-4-2/h5,7,11,13,17,19,23,25,53,55H,3-4,6,8-10,12,14-16,18,20-22,24,26-52H2,1-2H3/b7-5-,13-11-,19-17-,25-23-. The van der Waals surface area contributed by atoms with Crippen LogP contribution >= 0.6 is 0 Å². The van der Waals surface area contributed by atoms with Gasteiger partial charge in [0.2, 0.25) is 0 Å². The fourth-order valence-electron chi connectivity index (χ4n) is 7.62. The van der Waals surface area contributed by atoms with Gasteiger partial charge in [-0.2, -0.15) is 0 Å². The van der Waals surface area contributed by atoms with E-state index in [0.717, 1.165) is 44.9 Å². The predicted molar refractivity (Wildman–Crippen MR) is 256 cm³/mol. The van der Waals surface area contributed by atoms with Crippen molar-refractivity contribution in [1.82, 2.24) is 0 Å². The van der Waals surface area contributed by atoms with E-state index in [1.165, 1.54) is 199 Å². The van der Waals surface area contributed by atoms with Crippen LogP contribution in [0.25, 0.3) is 0 Å². The van der Waals surface area contributed by atoms with Crippen molar-refractivity contribution in [3.05, 3.63) is 48.6 Å². The Labute approximate surface area is 363 Å². The molecule has 0 aromatic heterocycles. The highest BCUT2D eigenvalue weighted by Gasteiger charge is 2.13. The minimum Gasteiger partial charge on any atom is -0.457 e. The van der Waals surface area contributed by atoms with E-state index < -0.39 is 6.10 Å². The highest BCUT2D eigenvalue weighted by atomic mass is 16.6. The van der Waals surface area contributed by atoms with Gasteiger partial charge in [-0.05, 0) is 51.4 Å². The average molecular weight is 813 g/mol. The first-order valence-corrected chi connectivity index (χ1v) is 25.7. The Morgan fingerprint density at radius 3 is 1.17 bits per heavy atom. The summed E-state index contributed by atoms with van der Waals surface area (Å²) in [7, 11) is 0. The first-order chi connectivity index (χ1) is 28.7. The molecule has 0 rings (SSSR count). The molecule has 0 aromatic rings. The summed E-state index contributed by atoms with van der Waals surface area (Å²) in [5.74, 6) is -0.196. The van der Waals surface area contributed by atoms with Crippen molar-refractivity contribution in [2.75, 3.05) is 19.8 Å². The Hall–Kier alpha value is -1.65. The highest BCUT2D eigenvalue weighted by Crippen LogP contribution is 2.16. The maximum Gasteiger partial charge on any atom is 0.306 e. The van der Waals surface area contributed by atoms with Gasteiger partial charge in [0, 0.05) is 13.0 Å². The summed E-state index contributed by atoms with van der Waals surface area (Å²) in [5.41, 5.74) is 0. The summed E-state index contributed by atoms with van der Waals surface area (Å²) in [5, 5.41) is 9.65. The molecule has 1 N–H and O–H groups in total. The minimum atomic E-state index is -0.534. The normalized spacial score (nSPS) is 12.7. The van der Waals surface area contributed by atoms with Crippen LogP contribution in [0.4, 0.5) is 0 Å². The van der Waals surface area contributed by atoms with Gasteiger partial charge >= 0.3 is 5.97 Å². The predicted octanol–water partition coefficient (Wildman–Crippen LogP) is 17.4. The van der Waals surface area contributed by atoms with Crippen LogP contribution in [0.3, 0.4) is 0 Å². The van der Waals surface area contributed by atoms with E-state index >= 15 is 0 Å². The maximum atomic E-state index is 12.3. The topological polar surface area (TPSA) is 55.8 Å². The second kappa shape index (κ2) is 51.5. The number of aliphatic hydroxyl groups excluding tert-OH is 1. The fraction of sp³-hybridized carbons (Fsp3) is 0.833. The number of ether oxygens (including phenoxy) is 2. The number of unbranched alkanes of at least 4 members (excludes halogenated alkanes) is 32.